The Morgan fingerprint density at radius 1 is 1.33 bits per heavy atom. The molecule has 1 saturated carbocycles. The zero-order valence-electron chi connectivity index (χ0n) is 13.2. The van der Waals surface area contributed by atoms with Gasteiger partial charge in [0, 0.05) is 6.04 Å². The van der Waals surface area contributed by atoms with Crippen molar-refractivity contribution in [1.29, 1.82) is 0 Å². The number of hydrogen-bond acceptors (Lipinski definition) is 6. The standard InChI is InChI=1S/C15H20FNO6S/c1-22-15(19)9-23-14-7-6-12(8-13(14)16)24(20,21)17-10-2-4-11(18)5-3-10/h6-8,10-11,17-18H,2-5,9H2,1H3. The van der Waals surface area contributed by atoms with Gasteiger partial charge in [0.2, 0.25) is 10.0 Å². The third-order valence-corrected chi connectivity index (χ3v) is 5.32. The maximum atomic E-state index is 14.0. The summed E-state index contributed by atoms with van der Waals surface area (Å²) in [5, 5.41) is 9.44. The van der Waals surface area contributed by atoms with Crippen LogP contribution in [0.4, 0.5) is 4.39 Å². The Bertz CT molecular complexity index is 685. The smallest absolute Gasteiger partial charge is 0.343 e. The summed E-state index contributed by atoms with van der Waals surface area (Å²) in [6, 6.07) is 2.91. The first-order valence-electron chi connectivity index (χ1n) is 7.51. The first-order chi connectivity index (χ1) is 11.3. The Morgan fingerprint density at radius 2 is 2.00 bits per heavy atom. The molecular weight excluding hydrogens is 341 g/mol. The topological polar surface area (TPSA) is 102 Å². The maximum Gasteiger partial charge on any atom is 0.343 e. The van der Waals surface area contributed by atoms with E-state index in [1.54, 1.807) is 0 Å². The van der Waals surface area contributed by atoms with Gasteiger partial charge in [-0.1, -0.05) is 0 Å². The Labute approximate surface area is 139 Å². The van der Waals surface area contributed by atoms with E-state index >= 15 is 0 Å². The molecule has 0 bridgehead atoms. The Hall–Kier alpha value is -1.71. The number of esters is 1. The van der Waals surface area contributed by atoms with E-state index in [1.807, 2.05) is 0 Å². The molecule has 24 heavy (non-hydrogen) atoms. The summed E-state index contributed by atoms with van der Waals surface area (Å²) >= 11 is 0. The van der Waals surface area contributed by atoms with Gasteiger partial charge in [0.05, 0.1) is 18.1 Å². The summed E-state index contributed by atoms with van der Waals surface area (Å²) in [5.41, 5.74) is 0. The largest absolute Gasteiger partial charge is 0.479 e. The molecule has 0 aliphatic heterocycles. The second-order valence-corrected chi connectivity index (χ2v) is 7.30. The van der Waals surface area contributed by atoms with Crippen molar-refractivity contribution in [2.75, 3.05) is 13.7 Å². The molecule has 1 aliphatic carbocycles. The third-order valence-electron chi connectivity index (χ3n) is 3.81. The monoisotopic (exact) mass is 361 g/mol. The molecule has 134 valence electrons. The quantitative estimate of drug-likeness (QED) is 0.732. The SMILES string of the molecule is COC(=O)COc1ccc(S(=O)(=O)NC2CCC(O)CC2)cc1F. The first-order valence-corrected chi connectivity index (χ1v) is 8.99. The van der Waals surface area contributed by atoms with E-state index in [0.717, 1.165) is 12.1 Å². The zero-order valence-corrected chi connectivity index (χ0v) is 14.0. The average molecular weight is 361 g/mol. The molecular formula is C15H20FNO6S. The van der Waals surface area contributed by atoms with Gasteiger partial charge in [0.15, 0.2) is 18.2 Å². The molecule has 0 heterocycles. The van der Waals surface area contributed by atoms with Crippen molar-refractivity contribution in [2.24, 2.45) is 0 Å². The van der Waals surface area contributed by atoms with E-state index in [1.165, 1.54) is 13.2 Å². The van der Waals surface area contributed by atoms with Crippen LogP contribution < -0.4 is 9.46 Å². The van der Waals surface area contributed by atoms with E-state index in [9.17, 15) is 22.7 Å². The number of halogens is 1. The van der Waals surface area contributed by atoms with Gasteiger partial charge in [-0.05, 0) is 43.9 Å². The minimum absolute atomic E-state index is 0.225. The lowest BCUT2D eigenvalue weighted by Crippen LogP contribution is -2.38. The summed E-state index contributed by atoms with van der Waals surface area (Å²) in [6.45, 7) is -0.470. The second kappa shape index (κ2) is 7.91. The molecule has 0 spiro atoms. The van der Waals surface area contributed by atoms with Crippen molar-refractivity contribution in [3.63, 3.8) is 0 Å². The number of carbonyl (C=O) groups is 1. The molecule has 0 radical (unpaired) electrons. The van der Waals surface area contributed by atoms with E-state index < -0.39 is 34.5 Å². The molecule has 1 aromatic rings. The van der Waals surface area contributed by atoms with Gasteiger partial charge < -0.3 is 14.6 Å². The van der Waals surface area contributed by atoms with E-state index in [2.05, 4.69) is 9.46 Å². The third kappa shape index (κ3) is 4.89. The van der Waals surface area contributed by atoms with Crippen LogP contribution in [0.5, 0.6) is 5.75 Å². The molecule has 2 N–H and O–H groups in total. The van der Waals surface area contributed by atoms with Gasteiger partial charge in [-0.15, -0.1) is 0 Å². The number of hydrogen-bond donors (Lipinski definition) is 2. The van der Waals surface area contributed by atoms with Gasteiger partial charge in [-0.25, -0.2) is 22.3 Å². The molecule has 0 unspecified atom stereocenters. The van der Waals surface area contributed by atoms with Crippen LogP contribution in [0.15, 0.2) is 23.1 Å². The molecule has 1 fully saturated rings. The highest BCUT2D eigenvalue weighted by atomic mass is 32.2. The molecule has 0 atom stereocenters. The summed E-state index contributed by atoms with van der Waals surface area (Å²) in [7, 11) is -2.70. The van der Waals surface area contributed by atoms with Crippen LogP contribution in [0.25, 0.3) is 0 Å². The fraction of sp³-hybridized carbons (Fsp3) is 0.533. The van der Waals surface area contributed by atoms with Crippen molar-refractivity contribution in [3.8, 4) is 5.75 Å². The van der Waals surface area contributed by atoms with Crippen LogP contribution in [-0.2, 0) is 19.6 Å². The predicted molar refractivity (Wildman–Crippen MR) is 82.5 cm³/mol. The van der Waals surface area contributed by atoms with Crippen LogP contribution in [0.2, 0.25) is 0 Å². The minimum Gasteiger partial charge on any atom is -0.479 e. The summed E-state index contributed by atoms with van der Waals surface area (Å²) in [5.74, 6) is -1.80. The molecule has 9 heteroatoms. The Kier molecular flexibility index (Phi) is 6.14. The summed E-state index contributed by atoms with van der Waals surface area (Å²) < 4.78 is 50.4. The van der Waals surface area contributed by atoms with Gasteiger partial charge in [0.25, 0.3) is 0 Å². The van der Waals surface area contributed by atoms with Crippen molar-refractivity contribution in [2.45, 2.75) is 42.7 Å². The molecule has 2 rings (SSSR count). The zero-order chi connectivity index (χ0) is 17.7. The molecule has 7 nitrogen and oxygen atoms in total. The number of carbonyl (C=O) groups excluding carboxylic acids is 1. The number of methoxy groups -OCH3 is 1. The van der Waals surface area contributed by atoms with E-state index in [-0.39, 0.29) is 16.7 Å². The van der Waals surface area contributed by atoms with Crippen molar-refractivity contribution < 1.29 is 32.2 Å². The van der Waals surface area contributed by atoms with Crippen molar-refractivity contribution in [3.05, 3.63) is 24.0 Å². The van der Waals surface area contributed by atoms with Gasteiger partial charge in [0.1, 0.15) is 0 Å². The van der Waals surface area contributed by atoms with Gasteiger partial charge in [-0.2, -0.15) is 0 Å². The Morgan fingerprint density at radius 3 is 2.58 bits per heavy atom. The first kappa shape index (κ1) is 18.6. The number of sulfonamides is 1. The van der Waals surface area contributed by atoms with Gasteiger partial charge >= 0.3 is 5.97 Å². The number of rotatable bonds is 6. The van der Waals surface area contributed by atoms with Crippen LogP contribution in [-0.4, -0.2) is 45.4 Å². The van der Waals surface area contributed by atoms with E-state index in [0.29, 0.717) is 25.7 Å². The second-order valence-electron chi connectivity index (χ2n) is 5.58. The van der Waals surface area contributed by atoms with Crippen molar-refractivity contribution in [1.82, 2.24) is 4.72 Å². The number of aliphatic hydroxyl groups excluding tert-OH is 1. The van der Waals surface area contributed by atoms with E-state index in [4.69, 9.17) is 4.74 Å². The number of benzene rings is 1. The van der Waals surface area contributed by atoms with Crippen LogP contribution in [0, 0.1) is 5.82 Å². The normalized spacial score (nSPS) is 21.3. The highest BCUT2D eigenvalue weighted by Crippen LogP contribution is 2.23. The lowest BCUT2D eigenvalue weighted by molar-refractivity contribution is -0.142. The Balaban J connectivity index is 2.05. The molecule has 0 saturated heterocycles. The molecule has 1 aliphatic rings. The highest BCUT2D eigenvalue weighted by molar-refractivity contribution is 7.89. The average Bonchev–Trinajstić information content (AvgIpc) is 2.55. The number of aliphatic hydroxyl groups is 1. The minimum atomic E-state index is -3.87. The molecule has 1 aromatic carbocycles. The molecule has 0 amide bonds. The van der Waals surface area contributed by atoms with Crippen LogP contribution >= 0.6 is 0 Å². The van der Waals surface area contributed by atoms with Crippen LogP contribution in [0.1, 0.15) is 25.7 Å². The predicted octanol–water partition coefficient (Wildman–Crippen LogP) is 0.959. The molecule has 0 aromatic heterocycles. The van der Waals surface area contributed by atoms with Crippen molar-refractivity contribution >= 4 is 16.0 Å². The number of ether oxygens (including phenoxy) is 2. The highest BCUT2D eigenvalue weighted by Gasteiger charge is 2.25. The van der Waals surface area contributed by atoms with Gasteiger partial charge in [-0.3, -0.25) is 0 Å². The maximum absolute atomic E-state index is 14.0. The fourth-order valence-electron chi connectivity index (χ4n) is 2.44. The lowest BCUT2D eigenvalue weighted by Gasteiger charge is -2.26. The lowest BCUT2D eigenvalue weighted by atomic mass is 9.94. The summed E-state index contributed by atoms with van der Waals surface area (Å²) in [4.78, 5) is 10.7. The van der Waals surface area contributed by atoms with Crippen LogP contribution in [0.3, 0.4) is 0 Å². The fourth-order valence-corrected chi connectivity index (χ4v) is 3.76. The number of nitrogens with one attached hydrogen (secondary N) is 1. The summed E-state index contributed by atoms with van der Waals surface area (Å²) in [6.07, 6.45) is 1.73.